The molecule has 32 heavy (non-hydrogen) atoms. The van der Waals surface area contributed by atoms with Crippen molar-refractivity contribution in [1.82, 2.24) is 4.98 Å². The molecule has 0 fully saturated rings. The van der Waals surface area contributed by atoms with Gasteiger partial charge in [0.05, 0.1) is 25.1 Å². The fourth-order valence-electron chi connectivity index (χ4n) is 4.39. The van der Waals surface area contributed by atoms with E-state index in [1.807, 2.05) is 36.5 Å². The molecule has 1 heterocycles. The highest BCUT2D eigenvalue weighted by atomic mass is 16.6. The zero-order valence-electron chi connectivity index (χ0n) is 18.5. The van der Waals surface area contributed by atoms with Gasteiger partial charge in [-0.15, -0.1) is 0 Å². The average Bonchev–Trinajstić information content (AvgIpc) is 2.86. The largest absolute Gasteiger partial charge is 0.392 e. The Bertz CT molecular complexity index is 1020. The van der Waals surface area contributed by atoms with Gasteiger partial charge in [0.1, 0.15) is 6.79 Å². The molecule has 0 saturated carbocycles. The first-order chi connectivity index (χ1) is 15.7. The second kappa shape index (κ2) is 10.6. The Labute approximate surface area is 189 Å². The van der Waals surface area contributed by atoms with E-state index >= 15 is 0 Å². The first-order valence-corrected chi connectivity index (χ1v) is 11.1. The number of aryl methyl sites for hydroxylation is 1. The lowest BCUT2D eigenvalue weighted by molar-refractivity contribution is -0.0110. The van der Waals surface area contributed by atoms with E-state index in [4.69, 9.17) is 9.84 Å². The molecule has 0 saturated heterocycles. The van der Waals surface area contributed by atoms with Crippen molar-refractivity contribution in [2.75, 3.05) is 30.6 Å². The molecule has 168 valence electrons. The lowest BCUT2D eigenvalue weighted by Crippen LogP contribution is -2.19. The Morgan fingerprint density at radius 3 is 2.69 bits per heavy atom. The Hall–Kier alpha value is -2.93. The maximum absolute atomic E-state index is 9.27. The molecule has 0 amide bonds. The molecule has 1 atom stereocenters. The van der Waals surface area contributed by atoms with Crippen LogP contribution in [-0.4, -0.2) is 35.6 Å². The van der Waals surface area contributed by atoms with Crippen LogP contribution in [-0.2, 0) is 24.4 Å². The molecule has 1 aliphatic carbocycles. The maximum atomic E-state index is 9.27. The highest BCUT2D eigenvalue weighted by Crippen LogP contribution is 2.35. The number of rotatable bonds is 9. The van der Waals surface area contributed by atoms with Crippen LogP contribution in [0.3, 0.4) is 0 Å². The molecule has 4 rings (SSSR count). The molecule has 0 aliphatic heterocycles. The number of aromatic nitrogens is 1. The molecule has 6 nitrogen and oxygen atoms in total. The van der Waals surface area contributed by atoms with Gasteiger partial charge in [-0.25, -0.2) is 0 Å². The molecule has 3 aromatic rings. The van der Waals surface area contributed by atoms with Crippen LogP contribution >= 0.6 is 0 Å². The molecule has 2 aromatic carbocycles. The summed E-state index contributed by atoms with van der Waals surface area (Å²) in [6, 6.07) is 16.7. The van der Waals surface area contributed by atoms with Crippen LogP contribution in [0.1, 0.15) is 41.0 Å². The van der Waals surface area contributed by atoms with Gasteiger partial charge in [-0.3, -0.25) is 4.98 Å². The quantitative estimate of drug-likeness (QED) is 0.436. The smallest absolute Gasteiger partial charge is 0.144 e. The highest BCUT2D eigenvalue weighted by molar-refractivity contribution is 5.64. The van der Waals surface area contributed by atoms with Gasteiger partial charge >= 0.3 is 0 Å². The van der Waals surface area contributed by atoms with Crippen LogP contribution in [0.2, 0.25) is 0 Å². The van der Waals surface area contributed by atoms with Crippen LogP contribution in [0.15, 0.2) is 60.9 Å². The van der Waals surface area contributed by atoms with Gasteiger partial charge in [0.2, 0.25) is 0 Å². The second-order valence-electron chi connectivity index (χ2n) is 8.25. The van der Waals surface area contributed by atoms with E-state index < -0.39 is 0 Å². The highest BCUT2D eigenvalue weighted by Gasteiger charge is 2.21. The Morgan fingerprint density at radius 1 is 1.09 bits per heavy atom. The van der Waals surface area contributed by atoms with Crippen LogP contribution in [0.4, 0.5) is 17.1 Å². The molecule has 0 unspecified atom stereocenters. The van der Waals surface area contributed by atoms with E-state index in [1.54, 1.807) is 6.20 Å². The number of hydrogen-bond acceptors (Lipinski definition) is 6. The summed E-state index contributed by atoms with van der Waals surface area (Å²) in [5.74, 6) is 0.439. The van der Waals surface area contributed by atoms with Gasteiger partial charge in [-0.05, 0) is 66.3 Å². The minimum Gasteiger partial charge on any atom is -0.392 e. The van der Waals surface area contributed by atoms with Crippen molar-refractivity contribution in [3.63, 3.8) is 0 Å². The maximum Gasteiger partial charge on any atom is 0.144 e. The first kappa shape index (κ1) is 22.3. The lowest BCUT2D eigenvalue weighted by Gasteiger charge is -2.28. The van der Waals surface area contributed by atoms with Crippen LogP contribution in [0, 0.1) is 0 Å². The Kier molecular flexibility index (Phi) is 7.37. The molecule has 1 aromatic heterocycles. The second-order valence-corrected chi connectivity index (χ2v) is 8.25. The van der Waals surface area contributed by atoms with Gasteiger partial charge in [0.25, 0.3) is 0 Å². The number of nitrogens with one attached hydrogen (secondary N) is 1. The molecular formula is C26H31N3O3. The zero-order chi connectivity index (χ0) is 22.3. The number of benzene rings is 2. The minimum absolute atomic E-state index is 0.0628. The normalized spacial score (nSPS) is 15.3. The summed E-state index contributed by atoms with van der Waals surface area (Å²) in [5.41, 5.74) is 7.96. The third-order valence-electron chi connectivity index (χ3n) is 6.26. The van der Waals surface area contributed by atoms with Gasteiger partial charge in [0, 0.05) is 42.6 Å². The van der Waals surface area contributed by atoms with Gasteiger partial charge in [0.15, 0.2) is 0 Å². The van der Waals surface area contributed by atoms with Crippen molar-refractivity contribution in [2.24, 2.45) is 0 Å². The monoisotopic (exact) mass is 433 g/mol. The fourth-order valence-corrected chi connectivity index (χ4v) is 4.39. The Morgan fingerprint density at radius 2 is 1.91 bits per heavy atom. The summed E-state index contributed by atoms with van der Waals surface area (Å²) in [6.45, 7) is 0.966. The molecule has 0 radical (unpaired) electrons. The van der Waals surface area contributed by atoms with E-state index in [9.17, 15) is 5.11 Å². The van der Waals surface area contributed by atoms with Crippen molar-refractivity contribution < 1.29 is 14.9 Å². The number of pyridine rings is 1. The summed E-state index contributed by atoms with van der Waals surface area (Å²) in [4.78, 5) is 6.42. The summed E-state index contributed by atoms with van der Waals surface area (Å²) in [5, 5.41) is 21.8. The number of aliphatic hydroxyl groups is 2. The van der Waals surface area contributed by atoms with Crippen LogP contribution in [0.25, 0.3) is 0 Å². The van der Waals surface area contributed by atoms with Crippen LogP contribution < -0.4 is 10.2 Å². The predicted molar refractivity (Wildman–Crippen MR) is 127 cm³/mol. The average molecular weight is 434 g/mol. The topological polar surface area (TPSA) is 77.9 Å². The summed E-state index contributed by atoms with van der Waals surface area (Å²) in [7, 11) is 2.08. The SMILES string of the molecule is CN(c1ccc(CO)cc1)c1ccc2c(c1)CCC[C@H]2CNc1cnccc1COCO. The lowest BCUT2D eigenvalue weighted by atomic mass is 9.82. The van der Waals surface area contributed by atoms with Crippen molar-refractivity contribution in [3.8, 4) is 0 Å². The van der Waals surface area contributed by atoms with Gasteiger partial charge in [-0.1, -0.05) is 18.2 Å². The first-order valence-electron chi connectivity index (χ1n) is 11.1. The zero-order valence-corrected chi connectivity index (χ0v) is 18.5. The summed E-state index contributed by atoms with van der Waals surface area (Å²) in [6.07, 6.45) is 6.98. The standard InChI is InChI=1S/C26H31N3O3/c1-29(23-7-5-19(16-30)6-8-23)24-9-10-25-20(13-24)3-2-4-21(25)14-28-26-15-27-12-11-22(26)17-32-18-31/h5-13,15,21,28,30-31H,2-4,14,16-18H2,1H3/t21-/m0/s1. The molecule has 0 bridgehead atoms. The van der Waals surface area contributed by atoms with Crippen molar-refractivity contribution in [2.45, 2.75) is 38.4 Å². The molecular weight excluding hydrogens is 402 g/mol. The van der Waals surface area contributed by atoms with Crippen LogP contribution in [0.5, 0.6) is 0 Å². The fraction of sp³-hybridized carbons (Fsp3) is 0.346. The molecule has 3 N–H and O–H groups in total. The van der Waals surface area contributed by atoms with E-state index in [2.05, 4.69) is 40.4 Å². The van der Waals surface area contributed by atoms with Crippen molar-refractivity contribution in [3.05, 3.63) is 83.2 Å². The molecule has 0 spiro atoms. The van der Waals surface area contributed by atoms with E-state index in [0.29, 0.717) is 12.5 Å². The van der Waals surface area contributed by atoms with Crippen molar-refractivity contribution >= 4 is 17.1 Å². The van der Waals surface area contributed by atoms with Crippen molar-refractivity contribution in [1.29, 1.82) is 0 Å². The van der Waals surface area contributed by atoms with E-state index in [1.165, 1.54) is 23.2 Å². The number of fused-ring (bicyclic) bond motifs is 1. The molecule has 1 aliphatic rings. The van der Waals surface area contributed by atoms with E-state index in [-0.39, 0.29) is 13.4 Å². The number of hydrogen-bond donors (Lipinski definition) is 3. The third-order valence-corrected chi connectivity index (χ3v) is 6.26. The Balaban J connectivity index is 1.47. The van der Waals surface area contributed by atoms with E-state index in [0.717, 1.165) is 41.9 Å². The number of anilines is 3. The molecule has 6 heteroatoms. The third kappa shape index (κ3) is 5.10. The number of aliphatic hydroxyl groups excluding tert-OH is 2. The summed E-state index contributed by atoms with van der Waals surface area (Å²) >= 11 is 0. The summed E-state index contributed by atoms with van der Waals surface area (Å²) < 4.78 is 5.16. The van der Waals surface area contributed by atoms with Gasteiger partial charge < -0.3 is 25.2 Å². The number of ether oxygens (including phenoxy) is 1. The number of nitrogens with zero attached hydrogens (tertiary/aromatic N) is 2. The minimum atomic E-state index is -0.292. The van der Waals surface area contributed by atoms with Gasteiger partial charge in [-0.2, -0.15) is 0 Å². The predicted octanol–water partition coefficient (Wildman–Crippen LogP) is 4.34.